The summed E-state index contributed by atoms with van der Waals surface area (Å²) in [5.74, 6) is 3.95. The molecule has 2 heteroatoms. The summed E-state index contributed by atoms with van der Waals surface area (Å²) in [6.45, 7) is 2.28. The Hall–Kier alpha value is -1.05. The van der Waals surface area contributed by atoms with E-state index in [1.165, 1.54) is 51.4 Å². The predicted molar refractivity (Wildman–Crippen MR) is 96.4 cm³/mol. The van der Waals surface area contributed by atoms with Crippen LogP contribution < -0.4 is 0 Å². The van der Waals surface area contributed by atoms with Crippen LogP contribution in [0.25, 0.3) is 0 Å². The lowest BCUT2D eigenvalue weighted by molar-refractivity contribution is -0.143. The Morgan fingerprint density at radius 1 is 0.958 bits per heavy atom. The Balaban J connectivity index is 1.37. The summed E-state index contributed by atoms with van der Waals surface area (Å²) in [4.78, 5) is 11.6. The number of carboxylic acids is 1. The van der Waals surface area contributed by atoms with Crippen LogP contribution in [0.3, 0.4) is 0 Å². The molecule has 0 amide bonds. The number of rotatable bonds is 8. The van der Waals surface area contributed by atoms with Crippen LogP contribution in [0.2, 0.25) is 0 Å². The zero-order valence-corrected chi connectivity index (χ0v) is 14.9. The number of allylic oxidation sites excluding steroid dienone is 3. The van der Waals surface area contributed by atoms with E-state index in [0.717, 1.165) is 23.7 Å². The van der Waals surface area contributed by atoms with E-state index in [0.29, 0.717) is 11.8 Å². The molecule has 0 aromatic heterocycles. The van der Waals surface area contributed by atoms with Crippen molar-refractivity contribution in [2.45, 2.75) is 58.3 Å². The molecule has 0 spiro atoms. The third kappa shape index (κ3) is 2.57. The van der Waals surface area contributed by atoms with Gasteiger partial charge in [-0.3, -0.25) is 4.79 Å². The molecule has 8 atom stereocenters. The van der Waals surface area contributed by atoms with Gasteiger partial charge in [0.25, 0.3) is 0 Å². The van der Waals surface area contributed by atoms with Gasteiger partial charge in [-0.05, 0) is 54.3 Å². The van der Waals surface area contributed by atoms with Crippen molar-refractivity contribution in [1.29, 1.82) is 0 Å². The van der Waals surface area contributed by atoms with Gasteiger partial charge in [-0.2, -0.15) is 0 Å². The first-order valence-electron chi connectivity index (χ1n) is 10.3. The summed E-state index contributed by atoms with van der Waals surface area (Å²) in [5, 5.41) is 9.52. The zero-order valence-electron chi connectivity index (χ0n) is 14.9. The van der Waals surface area contributed by atoms with E-state index < -0.39 is 5.97 Å². The fourth-order valence-electron chi connectivity index (χ4n) is 6.60. The third-order valence-corrected chi connectivity index (χ3v) is 7.62. The van der Waals surface area contributed by atoms with Crippen molar-refractivity contribution >= 4 is 5.97 Å². The van der Waals surface area contributed by atoms with Gasteiger partial charge >= 0.3 is 5.97 Å². The minimum Gasteiger partial charge on any atom is -0.481 e. The van der Waals surface area contributed by atoms with Gasteiger partial charge in [-0.15, -0.1) is 0 Å². The van der Waals surface area contributed by atoms with Crippen molar-refractivity contribution in [3.63, 3.8) is 0 Å². The fraction of sp³-hybridized carbons (Fsp3) is 0.773. The maximum atomic E-state index is 11.6. The molecule has 1 N–H and O–H groups in total. The van der Waals surface area contributed by atoms with Crippen molar-refractivity contribution in [1.82, 2.24) is 0 Å². The summed E-state index contributed by atoms with van der Waals surface area (Å²) in [5.41, 5.74) is 0. The van der Waals surface area contributed by atoms with Crippen LogP contribution >= 0.6 is 0 Å². The number of hydrogen-bond donors (Lipinski definition) is 1. The van der Waals surface area contributed by atoms with Gasteiger partial charge < -0.3 is 5.11 Å². The molecule has 2 fully saturated rings. The second kappa shape index (κ2) is 6.69. The van der Waals surface area contributed by atoms with E-state index in [-0.39, 0.29) is 11.8 Å². The first-order chi connectivity index (χ1) is 11.7. The third-order valence-electron chi connectivity index (χ3n) is 7.62. The van der Waals surface area contributed by atoms with E-state index in [2.05, 4.69) is 25.2 Å². The number of carboxylic acid groups (broad SMARTS) is 1. The van der Waals surface area contributed by atoms with Crippen LogP contribution in [0.4, 0.5) is 0 Å². The average Bonchev–Trinajstić information content (AvgIpc) is 2.91. The quantitative estimate of drug-likeness (QED) is 0.484. The molecule has 4 aliphatic carbocycles. The molecule has 0 heterocycles. The maximum absolute atomic E-state index is 11.6. The van der Waals surface area contributed by atoms with Crippen molar-refractivity contribution in [3.8, 4) is 0 Å². The Labute approximate surface area is 146 Å². The molecule has 2 saturated carbocycles. The standard InChI is InChI=1S/C22H32O2/c1-2-3-4-5-6-7-8-15-16-11-12-17-18(22(23)24)10-9-14-13-19(15)21(16)20(14)17/h9-12,14-21H,2-8,13H2,1H3,(H,23,24)/t14-,15-,16-,17+,18-,19+,20-,21-/m1/s1. The molecular formula is C22H32O2. The van der Waals surface area contributed by atoms with Crippen molar-refractivity contribution in [2.75, 3.05) is 0 Å². The summed E-state index contributed by atoms with van der Waals surface area (Å²) in [7, 11) is 0. The van der Waals surface area contributed by atoms with Crippen LogP contribution in [0, 0.1) is 47.3 Å². The van der Waals surface area contributed by atoms with Crippen LogP contribution in [0.1, 0.15) is 58.3 Å². The highest BCUT2D eigenvalue weighted by Gasteiger charge is 2.62. The molecule has 0 aromatic rings. The van der Waals surface area contributed by atoms with Crippen molar-refractivity contribution in [2.24, 2.45) is 47.3 Å². The van der Waals surface area contributed by atoms with Gasteiger partial charge in [0.15, 0.2) is 0 Å². The molecule has 4 aliphatic rings. The molecule has 0 unspecified atom stereocenters. The molecule has 0 bridgehead atoms. The Morgan fingerprint density at radius 2 is 1.71 bits per heavy atom. The van der Waals surface area contributed by atoms with Crippen molar-refractivity contribution in [3.05, 3.63) is 24.3 Å². The van der Waals surface area contributed by atoms with E-state index in [4.69, 9.17) is 0 Å². The van der Waals surface area contributed by atoms with Crippen molar-refractivity contribution < 1.29 is 9.90 Å². The predicted octanol–water partition coefficient (Wildman–Crippen LogP) is 5.31. The molecule has 2 nitrogen and oxygen atoms in total. The zero-order chi connectivity index (χ0) is 16.7. The largest absolute Gasteiger partial charge is 0.481 e. The number of aliphatic carboxylic acids is 1. The molecule has 0 radical (unpaired) electrons. The minimum atomic E-state index is -0.635. The number of unbranched alkanes of at least 4 members (excludes halogenated alkanes) is 5. The highest BCUT2D eigenvalue weighted by atomic mass is 16.4. The highest BCUT2D eigenvalue weighted by Crippen LogP contribution is 2.67. The monoisotopic (exact) mass is 328 g/mol. The van der Waals surface area contributed by atoms with Gasteiger partial charge in [-0.1, -0.05) is 69.8 Å². The molecule has 0 saturated heterocycles. The second-order valence-corrected chi connectivity index (χ2v) is 8.73. The Morgan fingerprint density at radius 3 is 2.50 bits per heavy atom. The first-order valence-corrected chi connectivity index (χ1v) is 10.3. The van der Waals surface area contributed by atoms with Gasteiger partial charge in [0.05, 0.1) is 5.92 Å². The van der Waals surface area contributed by atoms with Crippen LogP contribution in [0.15, 0.2) is 24.3 Å². The SMILES string of the molecule is CCCCCCCC[C@@H]1[C@H]2C=C[C@@H]3[C@@H]4[C@H]2[C@H]1C[C@H]4C=C[C@H]3C(=O)O. The van der Waals surface area contributed by atoms with Gasteiger partial charge in [0.1, 0.15) is 0 Å². The maximum Gasteiger partial charge on any atom is 0.310 e. The van der Waals surface area contributed by atoms with Gasteiger partial charge in [0.2, 0.25) is 0 Å². The topological polar surface area (TPSA) is 37.3 Å². The lowest BCUT2D eigenvalue weighted by atomic mass is 9.50. The van der Waals surface area contributed by atoms with E-state index in [9.17, 15) is 9.90 Å². The lowest BCUT2D eigenvalue weighted by Crippen LogP contribution is -2.50. The van der Waals surface area contributed by atoms with E-state index in [1.807, 2.05) is 6.08 Å². The van der Waals surface area contributed by atoms with Gasteiger partial charge in [-0.25, -0.2) is 0 Å². The molecule has 0 aromatic carbocycles. The fourth-order valence-corrected chi connectivity index (χ4v) is 6.60. The summed E-state index contributed by atoms with van der Waals surface area (Å²) >= 11 is 0. The lowest BCUT2D eigenvalue weighted by Gasteiger charge is -2.54. The summed E-state index contributed by atoms with van der Waals surface area (Å²) < 4.78 is 0. The minimum absolute atomic E-state index is 0.263. The molecule has 0 aliphatic heterocycles. The second-order valence-electron chi connectivity index (χ2n) is 8.73. The smallest absolute Gasteiger partial charge is 0.310 e. The first kappa shape index (κ1) is 16.4. The number of carbonyl (C=O) groups is 1. The average molecular weight is 328 g/mol. The van der Waals surface area contributed by atoms with Crippen LogP contribution in [-0.4, -0.2) is 11.1 Å². The molecular weight excluding hydrogens is 296 g/mol. The normalized spacial score (nSPS) is 44.2. The number of hydrogen-bond acceptors (Lipinski definition) is 1. The Bertz CT molecular complexity index is 534. The highest BCUT2D eigenvalue weighted by molar-refractivity contribution is 5.73. The molecule has 132 valence electrons. The molecule has 24 heavy (non-hydrogen) atoms. The summed E-state index contributed by atoms with van der Waals surface area (Å²) in [6, 6.07) is 0. The van der Waals surface area contributed by atoms with Crippen LogP contribution in [0.5, 0.6) is 0 Å². The van der Waals surface area contributed by atoms with E-state index in [1.54, 1.807) is 0 Å². The molecule has 4 rings (SSSR count). The Kier molecular flexibility index (Phi) is 4.58. The van der Waals surface area contributed by atoms with Gasteiger partial charge in [0, 0.05) is 0 Å². The summed E-state index contributed by atoms with van der Waals surface area (Å²) in [6.07, 6.45) is 20.0. The van der Waals surface area contributed by atoms with E-state index >= 15 is 0 Å². The van der Waals surface area contributed by atoms with Crippen LogP contribution in [-0.2, 0) is 4.79 Å².